The highest BCUT2D eigenvalue weighted by Crippen LogP contribution is 2.37. The third-order valence-corrected chi connectivity index (χ3v) is 10.7. The molecule has 3 heterocycles. The molecule has 0 fully saturated rings. The van der Waals surface area contributed by atoms with Crippen molar-refractivity contribution in [3.8, 4) is 56.7 Å². The first-order valence-corrected chi connectivity index (χ1v) is 18.9. The van der Waals surface area contributed by atoms with Crippen LogP contribution in [0.3, 0.4) is 0 Å². The molecular formula is C51H33N5. The van der Waals surface area contributed by atoms with Crippen molar-refractivity contribution in [2.45, 2.75) is 0 Å². The molecule has 11 aromatic rings. The summed E-state index contributed by atoms with van der Waals surface area (Å²) in [6.45, 7) is 0. The van der Waals surface area contributed by atoms with Crippen molar-refractivity contribution >= 4 is 43.5 Å². The molecule has 8 aromatic carbocycles. The van der Waals surface area contributed by atoms with Crippen LogP contribution in [-0.2, 0) is 0 Å². The van der Waals surface area contributed by atoms with E-state index in [0.29, 0.717) is 17.5 Å². The molecule has 262 valence electrons. The molecule has 0 unspecified atom stereocenters. The van der Waals surface area contributed by atoms with Gasteiger partial charge in [-0.3, -0.25) is 0 Å². The van der Waals surface area contributed by atoms with E-state index >= 15 is 0 Å². The van der Waals surface area contributed by atoms with E-state index in [1.807, 2.05) is 60.7 Å². The molecule has 0 aliphatic carbocycles. The number of hydrogen-bond acceptors (Lipinski definition) is 3. The number of para-hydroxylation sites is 2. The van der Waals surface area contributed by atoms with Crippen molar-refractivity contribution in [3.63, 3.8) is 0 Å². The average molecular weight is 716 g/mol. The van der Waals surface area contributed by atoms with Crippen molar-refractivity contribution in [2.75, 3.05) is 0 Å². The Bertz CT molecular complexity index is 3180. The molecule has 11 rings (SSSR count). The molecular weight excluding hydrogens is 683 g/mol. The smallest absolute Gasteiger partial charge is 0.164 e. The van der Waals surface area contributed by atoms with Crippen molar-refractivity contribution in [2.24, 2.45) is 0 Å². The van der Waals surface area contributed by atoms with Crippen LogP contribution in [0.2, 0.25) is 0 Å². The molecule has 5 nitrogen and oxygen atoms in total. The normalized spacial score (nSPS) is 11.6. The minimum Gasteiger partial charge on any atom is -0.317 e. The number of benzene rings is 8. The first-order valence-electron chi connectivity index (χ1n) is 18.9. The molecule has 3 aromatic heterocycles. The lowest BCUT2D eigenvalue weighted by Crippen LogP contribution is -2.00. The second-order valence-electron chi connectivity index (χ2n) is 14.2. The van der Waals surface area contributed by atoms with Crippen LogP contribution in [0.5, 0.6) is 0 Å². The Morgan fingerprint density at radius 1 is 0.304 bits per heavy atom. The van der Waals surface area contributed by atoms with Gasteiger partial charge in [0.25, 0.3) is 0 Å². The van der Waals surface area contributed by atoms with Crippen molar-refractivity contribution < 1.29 is 0 Å². The summed E-state index contributed by atoms with van der Waals surface area (Å²) in [4.78, 5) is 14.8. The predicted molar refractivity (Wildman–Crippen MR) is 230 cm³/mol. The van der Waals surface area contributed by atoms with Crippen LogP contribution in [0.4, 0.5) is 0 Å². The molecule has 0 spiro atoms. The van der Waals surface area contributed by atoms with Gasteiger partial charge in [-0.15, -0.1) is 0 Å². The Balaban J connectivity index is 1.00. The van der Waals surface area contributed by atoms with Gasteiger partial charge in [-0.1, -0.05) is 127 Å². The maximum atomic E-state index is 4.98. The van der Waals surface area contributed by atoms with E-state index in [-0.39, 0.29) is 0 Å². The summed E-state index contributed by atoms with van der Waals surface area (Å²) in [6.07, 6.45) is 2.18. The van der Waals surface area contributed by atoms with Gasteiger partial charge in [0.1, 0.15) is 0 Å². The number of nitrogens with zero attached hydrogens (tertiary/aromatic N) is 5. The van der Waals surface area contributed by atoms with Crippen molar-refractivity contribution in [1.82, 2.24) is 24.1 Å². The summed E-state index contributed by atoms with van der Waals surface area (Å²) in [6, 6.07) is 68.3. The van der Waals surface area contributed by atoms with E-state index in [0.717, 1.165) is 44.7 Å². The highest BCUT2D eigenvalue weighted by molar-refractivity contribution is 6.15. The minimum absolute atomic E-state index is 0.638. The van der Waals surface area contributed by atoms with Gasteiger partial charge in [0, 0.05) is 50.4 Å². The minimum atomic E-state index is 0.638. The predicted octanol–water partition coefficient (Wildman–Crippen LogP) is 12.7. The maximum Gasteiger partial charge on any atom is 0.164 e. The van der Waals surface area contributed by atoms with E-state index in [4.69, 9.17) is 15.0 Å². The van der Waals surface area contributed by atoms with Gasteiger partial charge < -0.3 is 9.13 Å². The summed E-state index contributed by atoms with van der Waals surface area (Å²) < 4.78 is 4.68. The number of rotatable bonds is 6. The third kappa shape index (κ3) is 5.45. The summed E-state index contributed by atoms with van der Waals surface area (Å²) >= 11 is 0. The molecule has 0 N–H and O–H groups in total. The molecule has 0 radical (unpaired) electrons. The van der Waals surface area contributed by atoms with Crippen LogP contribution in [0.15, 0.2) is 200 Å². The molecule has 5 heteroatoms. The van der Waals surface area contributed by atoms with Crippen LogP contribution in [0, 0.1) is 0 Å². The van der Waals surface area contributed by atoms with Gasteiger partial charge in [-0.2, -0.15) is 0 Å². The van der Waals surface area contributed by atoms with Gasteiger partial charge in [0.2, 0.25) is 0 Å². The summed E-state index contributed by atoms with van der Waals surface area (Å²) in [5, 5.41) is 6.16. The van der Waals surface area contributed by atoms with Gasteiger partial charge in [-0.25, -0.2) is 15.0 Å². The van der Waals surface area contributed by atoms with Gasteiger partial charge in [0.15, 0.2) is 17.5 Å². The molecule has 0 saturated carbocycles. The van der Waals surface area contributed by atoms with Gasteiger partial charge in [-0.05, 0) is 88.6 Å². The number of hydrogen-bond donors (Lipinski definition) is 0. The fraction of sp³-hybridized carbons (Fsp3) is 0. The zero-order chi connectivity index (χ0) is 37.0. The monoisotopic (exact) mass is 715 g/mol. The Morgan fingerprint density at radius 2 is 0.839 bits per heavy atom. The van der Waals surface area contributed by atoms with Crippen molar-refractivity contribution in [3.05, 3.63) is 200 Å². The standard InChI is InChI=1S/C51H33N5/c1-4-14-34(15-5-1)49-52-50(35-16-6-2-7-17-35)54-51(53-49)39-20-12-18-36(28-39)37-19-13-23-43(30-37)55-27-26-38-29-40-31-45-44-24-10-11-25-46(44)56(42-21-8-3-9-22-42)48(45)33-41(40)32-47(38)55/h1-33H. The van der Waals surface area contributed by atoms with E-state index < -0.39 is 0 Å². The SMILES string of the molecule is c1ccc(-c2nc(-c3ccccc3)nc(-c3cccc(-c4cccc(-n5ccc6cc7cc8c9ccccc9n(-c9ccccc9)c8cc7cc65)c4)c3)n2)cc1. The van der Waals surface area contributed by atoms with Crippen LogP contribution in [-0.4, -0.2) is 24.1 Å². The summed E-state index contributed by atoms with van der Waals surface area (Å²) in [5.74, 6) is 1.94. The summed E-state index contributed by atoms with van der Waals surface area (Å²) in [5.41, 5.74) is 10.9. The zero-order valence-corrected chi connectivity index (χ0v) is 30.3. The quantitative estimate of drug-likeness (QED) is 0.172. The Hall–Kier alpha value is -7.63. The molecule has 0 aliphatic heterocycles. The Labute approximate surface area is 323 Å². The van der Waals surface area contributed by atoms with Crippen LogP contribution >= 0.6 is 0 Å². The molecule has 0 bridgehead atoms. The highest BCUT2D eigenvalue weighted by atomic mass is 15.0. The summed E-state index contributed by atoms with van der Waals surface area (Å²) in [7, 11) is 0. The topological polar surface area (TPSA) is 48.5 Å². The van der Waals surface area contributed by atoms with E-state index in [9.17, 15) is 0 Å². The Morgan fingerprint density at radius 3 is 1.57 bits per heavy atom. The molecule has 0 atom stereocenters. The van der Waals surface area contributed by atoms with E-state index in [2.05, 4.69) is 149 Å². The lowest BCUT2D eigenvalue weighted by atomic mass is 10.0. The fourth-order valence-electron chi connectivity index (χ4n) is 8.04. The highest BCUT2D eigenvalue weighted by Gasteiger charge is 2.16. The molecule has 0 aliphatic rings. The van der Waals surface area contributed by atoms with Crippen LogP contribution in [0.1, 0.15) is 0 Å². The van der Waals surface area contributed by atoms with Gasteiger partial charge in [0.05, 0.1) is 16.6 Å². The largest absolute Gasteiger partial charge is 0.317 e. The second kappa shape index (κ2) is 13.0. The lowest BCUT2D eigenvalue weighted by Gasteiger charge is -2.11. The lowest BCUT2D eigenvalue weighted by molar-refractivity contribution is 1.07. The van der Waals surface area contributed by atoms with Crippen LogP contribution in [0.25, 0.3) is 100 Å². The van der Waals surface area contributed by atoms with E-state index in [1.54, 1.807) is 0 Å². The van der Waals surface area contributed by atoms with E-state index in [1.165, 1.54) is 38.0 Å². The molecule has 0 amide bonds. The second-order valence-corrected chi connectivity index (χ2v) is 14.2. The zero-order valence-electron chi connectivity index (χ0n) is 30.3. The fourth-order valence-corrected chi connectivity index (χ4v) is 8.04. The number of fused-ring (bicyclic) bond motifs is 5. The number of aromatic nitrogens is 5. The van der Waals surface area contributed by atoms with Gasteiger partial charge >= 0.3 is 0 Å². The van der Waals surface area contributed by atoms with Crippen LogP contribution < -0.4 is 0 Å². The first-order chi connectivity index (χ1) is 27.7. The Kier molecular flexibility index (Phi) is 7.42. The third-order valence-electron chi connectivity index (χ3n) is 10.7. The van der Waals surface area contributed by atoms with Crippen molar-refractivity contribution in [1.29, 1.82) is 0 Å². The maximum absolute atomic E-state index is 4.98. The molecule has 56 heavy (non-hydrogen) atoms. The average Bonchev–Trinajstić information content (AvgIpc) is 3.83. The first kappa shape index (κ1) is 31.9. The molecule has 0 saturated heterocycles.